The van der Waals surface area contributed by atoms with Gasteiger partial charge < -0.3 is 25.8 Å². The molecule has 5 heteroatoms. The predicted octanol–water partition coefficient (Wildman–Crippen LogP) is 13.6. The summed E-state index contributed by atoms with van der Waals surface area (Å²) in [4.78, 5) is 4.66. The summed E-state index contributed by atoms with van der Waals surface area (Å²) in [7, 11) is 8.48. The third-order valence-corrected chi connectivity index (χ3v) is 12.2. The minimum absolute atomic E-state index is 0.286. The molecule has 1 heterocycles. The van der Waals surface area contributed by atoms with Crippen LogP contribution in [0.3, 0.4) is 0 Å². The van der Waals surface area contributed by atoms with E-state index in [0.29, 0.717) is 41.8 Å². The van der Waals surface area contributed by atoms with Crippen LogP contribution in [0.5, 0.6) is 0 Å². The van der Waals surface area contributed by atoms with Crippen molar-refractivity contribution in [2.75, 3.05) is 41.3 Å². The van der Waals surface area contributed by atoms with Crippen LogP contribution in [0.4, 0.5) is 0 Å². The van der Waals surface area contributed by atoms with Gasteiger partial charge in [0.05, 0.1) is 12.6 Å². The normalized spacial score (nSPS) is 17.0. The predicted molar refractivity (Wildman–Crippen MR) is 271 cm³/mol. The second kappa shape index (κ2) is 37.2. The lowest BCUT2D eigenvalue weighted by molar-refractivity contribution is 0.143. The first kappa shape index (κ1) is 60.7. The first-order valence-electron chi connectivity index (χ1n) is 23.9. The van der Waals surface area contributed by atoms with Crippen molar-refractivity contribution >= 4 is 0 Å². The van der Waals surface area contributed by atoms with E-state index in [-0.39, 0.29) is 6.04 Å². The van der Waals surface area contributed by atoms with Gasteiger partial charge in [-0.3, -0.25) is 0 Å². The molecule has 8 unspecified atom stereocenters. The quantitative estimate of drug-likeness (QED) is 0.0716. The SMILES string of the molecule is C=C.C=C(/C=C/C(C)C(CC)C(CC)C1CCCN1)C(Cc1ccccc1)NC.C=C(NCC(=C)N(C)C(C(C)CC)C(CC)CC)C(C(C)C)N(C)C.CC.CCC. The Kier molecular flexibility index (Phi) is 38.3. The summed E-state index contributed by atoms with van der Waals surface area (Å²) in [6, 6.07) is 12.6. The van der Waals surface area contributed by atoms with Crippen LogP contribution in [0, 0.1) is 35.5 Å². The van der Waals surface area contributed by atoms with E-state index in [1.54, 1.807) is 0 Å². The summed E-state index contributed by atoms with van der Waals surface area (Å²) < 4.78 is 0. The summed E-state index contributed by atoms with van der Waals surface area (Å²) in [5, 5.41) is 10.7. The molecular formula is C54H103N5. The van der Waals surface area contributed by atoms with E-state index >= 15 is 0 Å². The van der Waals surface area contributed by atoms with Crippen molar-refractivity contribution in [3.63, 3.8) is 0 Å². The standard InChI is InChI=1S/C25H40N2.C22H45N3.C3H8.C2H6.C2H4/c1-6-22(23(7-2)24-14-11-17-27-24)19(3)15-16-20(4)25(26-5)18-21-12-9-8-10-13-21;1-12-17(6)22(20(13-2)14-3)25(11)18(7)15-23-19(8)21(16(4)5)24(9)10;1-3-2;2*1-2/h8-10,12-13,15-16,19,22-27H,4,6-7,11,14,17-18H2,1-3,5H3;16-17,20-23H,7-8,12-15H2,1-6,9-11H3;3H2,1-2H3;1-2H3;1-2H2/b16-15+;;;;. The molecule has 0 aromatic heterocycles. The van der Waals surface area contributed by atoms with Gasteiger partial charge in [0, 0.05) is 36.6 Å². The number of likely N-dealkylation sites (N-methyl/N-ethyl adjacent to an activating group) is 3. The van der Waals surface area contributed by atoms with E-state index in [4.69, 9.17) is 0 Å². The van der Waals surface area contributed by atoms with Crippen LogP contribution in [0.2, 0.25) is 0 Å². The molecule has 1 aromatic carbocycles. The highest BCUT2D eigenvalue weighted by Crippen LogP contribution is 2.34. The molecule has 0 bridgehead atoms. The second-order valence-corrected chi connectivity index (χ2v) is 17.0. The molecule has 2 rings (SSSR count). The number of rotatable bonds is 24. The van der Waals surface area contributed by atoms with Gasteiger partial charge in [-0.05, 0) is 93.6 Å². The molecule has 1 aromatic rings. The molecule has 344 valence electrons. The fraction of sp³-hybridized carbons (Fsp3) is 0.704. The van der Waals surface area contributed by atoms with Crippen LogP contribution < -0.4 is 16.0 Å². The Labute approximate surface area is 371 Å². The van der Waals surface area contributed by atoms with Gasteiger partial charge in [0.1, 0.15) is 0 Å². The van der Waals surface area contributed by atoms with Crippen molar-refractivity contribution in [2.45, 2.75) is 172 Å². The third kappa shape index (κ3) is 23.3. The van der Waals surface area contributed by atoms with Crippen LogP contribution in [-0.2, 0) is 6.42 Å². The van der Waals surface area contributed by atoms with E-state index in [1.807, 2.05) is 20.9 Å². The molecular weight excluding hydrogens is 719 g/mol. The number of nitrogens with zero attached hydrogens (tertiary/aromatic N) is 2. The van der Waals surface area contributed by atoms with E-state index < -0.39 is 0 Å². The fourth-order valence-electron chi connectivity index (χ4n) is 8.97. The molecule has 59 heavy (non-hydrogen) atoms. The van der Waals surface area contributed by atoms with Gasteiger partial charge >= 0.3 is 0 Å². The molecule has 5 nitrogen and oxygen atoms in total. The Morgan fingerprint density at radius 3 is 1.81 bits per heavy atom. The molecule has 8 atom stereocenters. The minimum Gasteiger partial charge on any atom is -0.382 e. The van der Waals surface area contributed by atoms with Crippen LogP contribution in [0.15, 0.2) is 92.3 Å². The Hall–Kier alpha value is -2.60. The summed E-state index contributed by atoms with van der Waals surface area (Å²) in [6.45, 7) is 50.1. The summed E-state index contributed by atoms with van der Waals surface area (Å²) in [5.74, 6) is 3.99. The van der Waals surface area contributed by atoms with E-state index in [0.717, 1.165) is 36.2 Å². The van der Waals surface area contributed by atoms with Crippen molar-refractivity contribution in [3.8, 4) is 0 Å². The lowest BCUT2D eigenvalue weighted by Crippen LogP contribution is -2.45. The lowest BCUT2D eigenvalue weighted by atomic mass is 9.75. The Morgan fingerprint density at radius 2 is 1.41 bits per heavy atom. The van der Waals surface area contributed by atoms with Gasteiger partial charge in [-0.1, -0.05) is 191 Å². The van der Waals surface area contributed by atoms with Crippen LogP contribution in [-0.4, -0.2) is 75.2 Å². The third-order valence-electron chi connectivity index (χ3n) is 12.2. The molecule has 0 radical (unpaired) electrons. The minimum atomic E-state index is 0.286. The Balaban J connectivity index is -0.000000925. The van der Waals surface area contributed by atoms with Crippen LogP contribution in [0.25, 0.3) is 0 Å². The summed E-state index contributed by atoms with van der Waals surface area (Å²) in [6.07, 6.45) is 15.7. The molecule has 0 aliphatic carbocycles. The highest BCUT2D eigenvalue weighted by Gasteiger charge is 2.32. The highest BCUT2D eigenvalue weighted by atomic mass is 15.2. The topological polar surface area (TPSA) is 42.6 Å². The van der Waals surface area contributed by atoms with Gasteiger partial charge in [-0.25, -0.2) is 0 Å². The zero-order chi connectivity index (χ0) is 46.1. The smallest absolute Gasteiger partial charge is 0.0541 e. The first-order valence-corrected chi connectivity index (χ1v) is 23.9. The zero-order valence-corrected chi connectivity index (χ0v) is 42.5. The zero-order valence-electron chi connectivity index (χ0n) is 42.5. The molecule has 0 saturated carbocycles. The fourth-order valence-corrected chi connectivity index (χ4v) is 8.97. The number of benzene rings is 1. The van der Waals surface area contributed by atoms with Crippen molar-refractivity contribution in [2.24, 2.45) is 35.5 Å². The molecule has 0 spiro atoms. The van der Waals surface area contributed by atoms with Crippen LogP contribution in [0.1, 0.15) is 147 Å². The molecule has 0 amide bonds. The average molecular weight is 822 g/mol. The van der Waals surface area contributed by atoms with Gasteiger partial charge in [-0.2, -0.15) is 0 Å². The van der Waals surface area contributed by atoms with E-state index in [2.05, 4.69) is 198 Å². The maximum atomic E-state index is 4.37. The summed E-state index contributed by atoms with van der Waals surface area (Å²) in [5.41, 5.74) is 4.76. The molecule has 1 saturated heterocycles. The van der Waals surface area contributed by atoms with Crippen molar-refractivity contribution < 1.29 is 0 Å². The average Bonchev–Trinajstić information content (AvgIpc) is 3.78. The second-order valence-electron chi connectivity index (χ2n) is 17.0. The van der Waals surface area contributed by atoms with Crippen molar-refractivity contribution in [1.29, 1.82) is 0 Å². The van der Waals surface area contributed by atoms with E-state index in [9.17, 15) is 0 Å². The van der Waals surface area contributed by atoms with Gasteiger partial charge in [-0.15, -0.1) is 13.2 Å². The van der Waals surface area contributed by atoms with Crippen LogP contribution >= 0.6 is 0 Å². The molecule has 1 aliphatic rings. The summed E-state index contributed by atoms with van der Waals surface area (Å²) >= 11 is 0. The van der Waals surface area contributed by atoms with Crippen molar-refractivity contribution in [1.82, 2.24) is 25.8 Å². The Morgan fingerprint density at radius 1 is 0.847 bits per heavy atom. The number of nitrogens with one attached hydrogen (secondary N) is 3. The first-order chi connectivity index (χ1) is 28.1. The number of hydrogen-bond acceptors (Lipinski definition) is 5. The highest BCUT2D eigenvalue weighted by molar-refractivity contribution is 5.26. The number of hydrogen-bond donors (Lipinski definition) is 3. The number of allylic oxidation sites excluding steroid dienone is 1. The molecule has 3 N–H and O–H groups in total. The van der Waals surface area contributed by atoms with Crippen molar-refractivity contribution in [3.05, 3.63) is 97.9 Å². The molecule has 1 aliphatic heterocycles. The lowest BCUT2D eigenvalue weighted by Gasteiger charge is -2.41. The molecule has 1 fully saturated rings. The maximum Gasteiger partial charge on any atom is 0.0541 e. The van der Waals surface area contributed by atoms with E-state index in [1.165, 1.54) is 69.0 Å². The Bertz CT molecular complexity index is 1170. The van der Waals surface area contributed by atoms with Gasteiger partial charge in [0.25, 0.3) is 0 Å². The largest absolute Gasteiger partial charge is 0.382 e. The maximum absolute atomic E-state index is 4.37. The van der Waals surface area contributed by atoms with Gasteiger partial charge in [0.2, 0.25) is 0 Å². The monoisotopic (exact) mass is 822 g/mol. The van der Waals surface area contributed by atoms with Gasteiger partial charge in [0.15, 0.2) is 0 Å².